The number of hydrogen-bond donors (Lipinski definition) is 1. The number of rotatable bonds is 7. The van der Waals surface area contributed by atoms with Crippen LogP contribution in [0.2, 0.25) is 5.02 Å². The van der Waals surface area contributed by atoms with Crippen molar-refractivity contribution in [2.45, 2.75) is 51.4 Å². The van der Waals surface area contributed by atoms with E-state index in [-0.39, 0.29) is 30.3 Å². The molecule has 3 saturated heterocycles. The summed E-state index contributed by atoms with van der Waals surface area (Å²) in [6.45, 7) is 7.19. The smallest absolute Gasteiger partial charge is 0.255 e. The fourth-order valence-electron chi connectivity index (χ4n) is 6.66. The summed E-state index contributed by atoms with van der Waals surface area (Å²) in [5.41, 5.74) is 2.74. The van der Waals surface area contributed by atoms with E-state index < -0.39 is 0 Å². The van der Waals surface area contributed by atoms with E-state index in [9.17, 15) is 14.7 Å². The first-order valence-electron chi connectivity index (χ1n) is 14.7. The molecule has 5 rings (SSSR count). The van der Waals surface area contributed by atoms with Crippen molar-refractivity contribution in [2.24, 2.45) is 17.8 Å². The van der Waals surface area contributed by atoms with Crippen LogP contribution in [-0.4, -0.2) is 72.6 Å². The molecule has 39 heavy (non-hydrogen) atoms. The molecule has 0 saturated carbocycles. The van der Waals surface area contributed by atoms with Gasteiger partial charge in [-0.1, -0.05) is 41.9 Å². The first-order valence-corrected chi connectivity index (χ1v) is 15.1. The molecule has 0 bridgehead atoms. The Bertz CT molecular complexity index is 1130. The van der Waals surface area contributed by atoms with Crippen LogP contribution in [0.1, 0.15) is 67.3 Å². The van der Waals surface area contributed by atoms with E-state index in [1.807, 2.05) is 55.5 Å². The van der Waals surface area contributed by atoms with Crippen LogP contribution in [0.5, 0.6) is 0 Å². The van der Waals surface area contributed by atoms with E-state index in [1.54, 1.807) is 4.90 Å². The van der Waals surface area contributed by atoms with Gasteiger partial charge in [0.1, 0.15) is 0 Å². The number of carbonyl (C=O) groups is 2. The second-order valence-electron chi connectivity index (χ2n) is 11.8. The number of aliphatic hydroxyl groups excluding tert-OH is 1. The Kier molecular flexibility index (Phi) is 9.13. The molecule has 2 aromatic carbocycles. The molecule has 3 aliphatic heterocycles. The maximum absolute atomic E-state index is 13.0. The summed E-state index contributed by atoms with van der Waals surface area (Å²) in [5, 5.41) is 9.89. The van der Waals surface area contributed by atoms with Crippen molar-refractivity contribution < 1.29 is 14.7 Å². The van der Waals surface area contributed by atoms with Gasteiger partial charge in [0, 0.05) is 57.5 Å². The average molecular weight is 552 g/mol. The monoisotopic (exact) mass is 551 g/mol. The zero-order valence-electron chi connectivity index (χ0n) is 23.1. The van der Waals surface area contributed by atoms with Crippen molar-refractivity contribution in [1.82, 2.24) is 9.80 Å². The largest absolute Gasteiger partial charge is 0.396 e. The number of hydrogen-bond acceptors (Lipinski definition) is 4. The SMILES string of the molecule is CC(C(=O)N1CCC(CC2CCN(c3ccc(C(=O)N4CCC(CO)C4)c(Cl)c3)CC2)CC1)c1ccccc1. The minimum Gasteiger partial charge on any atom is -0.396 e. The van der Waals surface area contributed by atoms with Gasteiger partial charge in [0.25, 0.3) is 5.91 Å². The summed E-state index contributed by atoms with van der Waals surface area (Å²) < 4.78 is 0. The fraction of sp³-hybridized carbons (Fsp3) is 0.562. The van der Waals surface area contributed by atoms with E-state index >= 15 is 0 Å². The lowest BCUT2D eigenvalue weighted by Gasteiger charge is -2.38. The van der Waals surface area contributed by atoms with Crippen LogP contribution >= 0.6 is 11.6 Å². The maximum Gasteiger partial charge on any atom is 0.255 e. The Morgan fingerprint density at radius 2 is 1.49 bits per heavy atom. The van der Waals surface area contributed by atoms with E-state index in [1.165, 1.54) is 19.3 Å². The van der Waals surface area contributed by atoms with E-state index in [0.29, 0.717) is 29.6 Å². The van der Waals surface area contributed by atoms with Crippen molar-refractivity contribution in [2.75, 3.05) is 50.8 Å². The minimum atomic E-state index is -0.0772. The van der Waals surface area contributed by atoms with Crippen LogP contribution in [0.3, 0.4) is 0 Å². The number of likely N-dealkylation sites (tertiary alicyclic amines) is 2. The third kappa shape index (κ3) is 6.60. The van der Waals surface area contributed by atoms with Crippen LogP contribution in [0.4, 0.5) is 5.69 Å². The summed E-state index contributed by atoms with van der Waals surface area (Å²) in [6, 6.07) is 15.9. The summed E-state index contributed by atoms with van der Waals surface area (Å²) in [6.07, 6.45) is 6.64. The summed E-state index contributed by atoms with van der Waals surface area (Å²) in [4.78, 5) is 32.2. The van der Waals surface area contributed by atoms with Gasteiger partial charge in [-0.15, -0.1) is 0 Å². The molecular formula is C32H42ClN3O3. The number of carbonyl (C=O) groups excluding carboxylic acids is 2. The highest BCUT2D eigenvalue weighted by molar-refractivity contribution is 6.34. The van der Waals surface area contributed by atoms with Gasteiger partial charge in [-0.25, -0.2) is 0 Å². The van der Waals surface area contributed by atoms with Crippen LogP contribution in [0, 0.1) is 17.8 Å². The zero-order valence-corrected chi connectivity index (χ0v) is 23.9. The third-order valence-electron chi connectivity index (χ3n) is 9.26. The molecular weight excluding hydrogens is 510 g/mol. The lowest BCUT2D eigenvalue weighted by atomic mass is 9.82. The second-order valence-corrected chi connectivity index (χ2v) is 12.2. The molecule has 6 nitrogen and oxygen atoms in total. The van der Waals surface area contributed by atoms with Gasteiger partial charge in [-0.05, 0) is 81.0 Å². The van der Waals surface area contributed by atoms with Gasteiger partial charge in [-0.2, -0.15) is 0 Å². The molecule has 3 fully saturated rings. The number of anilines is 1. The predicted molar refractivity (Wildman–Crippen MR) is 156 cm³/mol. The Morgan fingerprint density at radius 1 is 0.872 bits per heavy atom. The van der Waals surface area contributed by atoms with E-state index in [0.717, 1.165) is 62.6 Å². The topological polar surface area (TPSA) is 64.1 Å². The molecule has 210 valence electrons. The molecule has 0 aromatic heterocycles. The number of halogens is 1. The number of aliphatic hydroxyl groups is 1. The van der Waals surface area contributed by atoms with Gasteiger partial charge in [0.2, 0.25) is 5.91 Å². The van der Waals surface area contributed by atoms with Crippen LogP contribution in [0.15, 0.2) is 48.5 Å². The first kappa shape index (κ1) is 28.0. The van der Waals surface area contributed by atoms with Gasteiger partial charge in [0.15, 0.2) is 0 Å². The van der Waals surface area contributed by atoms with Crippen LogP contribution in [-0.2, 0) is 4.79 Å². The zero-order chi connectivity index (χ0) is 27.4. The Morgan fingerprint density at radius 3 is 2.10 bits per heavy atom. The summed E-state index contributed by atoms with van der Waals surface area (Å²) in [5.74, 6) is 1.74. The van der Waals surface area contributed by atoms with Crippen molar-refractivity contribution in [3.8, 4) is 0 Å². The number of nitrogens with zero attached hydrogens (tertiary/aromatic N) is 3. The maximum atomic E-state index is 13.0. The van der Waals surface area contributed by atoms with Gasteiger partial charge in [-0.3, -0.25) is 9.59 Å². The van der Waals surface area contributed by atoms with Crippen molar-refractivity contribution in [1.29, 1.82) is 0 Å². The van der Waals surface area contributed by atoms with Gasteiger partial charge >= 0.3 is 0 Å². The average Bonchev–Trinajstić information content (AvgIpc) is 3.47. The second kappa shape index (κ2) is 12.7. The molecule has 2 amide bonds. The molecule has 7 heteroatoms. The van der Waals surface area contributed by atoms with E-state index in [4.69, 9.17) is 11.6 Å². The molecule has 1 N–H and O–H groups in total. The molecule has 0 radical (unpaired) electrons. The Hall–Kier alpha value is -2.57. The third-order valence-corrected chi connectivity index (χ3v) is 9.57. The highest BCUT2D eigenvalue weighted by Crippen LogP contribution is 2.34. The predicted octanol–water partition coefficient (Wildman–Crippen LogP) is 5.44. The molecule has 2 unspecified atom stereocenters. The summed E-state index contributed by atoms with van der Waals surface area (Å²) in [7, 11) is 0. The standard InChI is InChI=1S/C32H42ClN3O3/c1-23(27-5-3-2-4-6-27)31(38)35-16-11-25(12-17-35)19-24-9-14-34(15-10-24)28-7-8-29(30(33)20-28)32(39)36-18-13-26(21-36)22-37/h2-8,20,23-26,37H,9-19,21-22H2,1H3. The van der Waals surface area contributed by atoms with Crippen LogP contribution < -0.4 is 4.90 Å². The first-order chi connectivity index (χ1) is 18.9. The van der Waals surface area contributed by atoms with Crippen molar-refractivity contribution >= 4 is 29.1 Å². The highest BCUT2D eigenvalue weighted by atomic mass is 35.5. The lowest BCUT2D eigenvalue weighted by molar-refractivity contribution is -0.133. The Balaban J connectivity index is 1.07. The van der Waals surface area contributed by atoms with Crippen LogP contribution in [0.25, 0.3) is 0 Å². The lowest BCUT2D eigenvalue weighted by Crippen LogP contribution is -2.41. The molecule has 3 heterocycles. The van der Waals surface area contributed by atoms with Gasteiger partial charge < -0.3 is 19.8 Å². The highest BCUT2D eigenvalue weighted by Gasteiger charge is 2.30. The number of benzene rings is 2. The normalized spacial score (nSPS) is 21.8. The molecule has 2 atom stereocenters. The minimum absolute atomic E-state index is 0.0384. The number of piperidine rings is 2. The van der Waals surface area contributed by atoms with Gasteiger partial charge in [0.05, 0.1) is 16.5 Å². The summed E-state index contributed by atoms with van der Waals surface area (Å²) >= 11 is 6.59. The fourth-order valence-corrected chi connectivity index (χ4v) is 6.91. The quantitative estimate of drug-likeness (QED) is 0.497. The molecule has 3 aliphatic rings. The molecule has 2 aromatic rings. The number of amides is 2. The molecule has 0 spiro atoms. The van der Waals surface area contributed by atoms with E-state index in [2.05, 4.69) is 9.80 Å². The Labute approximate surface area is 237 Å². The van der Waals surface area contributed by atoms with Crippen molar-refractivity contribution in [3.05, 3.63) is 64.7 Å². The molecule has 0 aliphatic carbocycles. The van der Waals surface area contributed by atoms with Crippen molar-refractivity contribution in [3.63, 3.8) is 0 Å².